The van der Waals surface area contributed by atoms with E-state index in [-0.39, 0.29) is 5.78 Å². The molecule has 72 valence electrons. The molecule has 0 fully saturated rings. The summed E-state index contributed by atoms with van der Waals surface area (Å²) in [6.45, 7) is 1.91. The third-order valence-electron chi connectivity index (χ3n) is 1.84. The van der Waals surface area contributed by atoms with Gasteiger partial charge < -0.3 is 0 Å². The normalized spacial score (nSPS) is 10.4. The zero-order chi connectivity index (χ0) is 9.97. The molecule has 0 radical (unpaired) electrons. The molecule has 2 aromatic rings. The van der Waals surface area contributed by atoms with Gasteiger partial charge in [0, 0.05) is 12.6 Å². The molecule has 0 bridgehead atoms. The van der Waals surface area contributed by atoms with Crippen molar-refractivity contribution in [2.75, 3.05) is 0 Å². The smallest absolute Gasteiger partial charge is 0.178 e. The van der Waals surface area contributed by atoms with Crippen molar-refractivity contribution in [2.24, 2.45) is 0 Å². The van der Waals surface area contributed by atoms with Crippen molar-refractivity contribution in [1.29, 1.82) is 0 Å². The lowest BCUT2D eigenvalue weighted by Crippen LogP contribution is -1.99. The van der Waals surface area contributed by atoms with Crippen molar-refractivity contribution in [2.45, 2.75) is 13.3 Å². The molecule has 0 spiro atoms. The topological polar surface area (TPSA) is 30.0 Å². The van der Waals surface area contributed by atoms with Crippen molar-refractivity contribution < 1.29 is 4.79 Å². The van der Waals surface area contributed by atoms with Gasteiger partial charge in [-0.05, 0) is 29.3 Å². The van der Waals surface area contributed by atoms with E-state index in [1.807, 2.05) is 23.8 Å². The fourth-order valence-corrected chi connectivity index (χ4v) is 2.54. The molecular formula is C10H9NOS2. The predicted octanol–water partition coefficient (Wildman–Crippen LogP) is 2.94. The second-order valence-corrected chi connectivity index (χ2v) is 4.99. The minimum atomic E-state index is 0.161. The number of Topliss-reactive ketones (excluding diaryl/α,β-unsaturated/α-hetero) is 1. The minimum Gasteiger partial charge on any atom is -0.293 e. The van der Waals surface area contributed by atoms with Crippen molar-refractivity contribution >= 4 is 28.5 Å². The number of hydrogen-bond acceptors (Lipinski definition) is 4. The van der Waals surface area contributed by atoms with Crippen LogP contribution in [0, 0.1) is 6.92 Å². The first-order valence-electron chi connectivity index (χ1n) is 4.22. The lowest BCUT2D eigenvalue weighted by molar-refractivity contribution is 0.0997. The molecule has 0 saturated heterocycles. The van der Waals surface area contributed by atoms with E-state index in [2.05, 4.69) is 4.98 Å². The molecule has 0 aromatic carbocycles. The van der Waals surface area contributed by atoms with Gasteiger partial charge in [0.1, 0.15) is 0 Å². The summed E-state index contributed by atoms with van der Waals surface area (Å²) in [6, 6.07) is 1.98. The highest BCUT2D eigenvalue weighted by molar-refractivity contribution is 7.13. The van der Waals surface area contributed by atoms with Crippen LogP contribution in [0.25, 0.3) is 0 Å². The molecule has 2 aromatic heterocycles. The Kier molecular flexibility index (Phi) is 2.74. The van der Waals surface area contributed by atoms with Crippen LogP contribution < -0.4 is 0 Å². The zero-order valence-electron chi connectivity index (χ0n) is 7.69. The molecule has 2 nitrogen and oxygen atoms in total. The van der Waals surface area contributed by atoms with Gasteiger partial charge in [-0.25, -0.2) is 4.98 Å². The Morgan fingerprint density at radius 3 is 3.00 bits per heavy atom. The van der Waals surface area contributed by atoms with Crippen molar-refractivity contribution in [3.63, 3.8) is 0 Å². The number of aromatic nitrogens is 1. The van der Waals surface area contributed by atoms with Gasteiger partial charge in [0.05, 0.1) is 9.88 Å². The van der Waals surface area contributed by atoms with E-state index in [0.29, 0.717) is 6.42 Å². The first-order chi connectivity index (χ1) is 6.75. The summed E-state index contributed by atoms with van der Waals surface area (Å²) in [5.74, 6) is 0.161. The van der Waals surface area contributed by atoms with Gasteiger partial charge in [-0.3, -0.25) is 4.79 Å². The number of rotatable bonds is 3. The Labute approximate surface area is 90.2 Å². The summed E-state index contributed by atoms with van der Waals surface area (Å²) >= 11 is 3.08. The molecule has 0 atom stereocenters. The largest absolute Gasteiger partial charge is 0.293 e. The first kappa shape index (κ1) is 9.55. The van der Waals surface area contributed by atoms with Crippen LogP contribution in [-0.4, -0.2) is 10.8 Å². The number of thiazole rings is 1. The average Bonchev–Trinajstić information content (AvgIpc) is 2.75. The van der Waals surface area contributed by atoms with E-state index in [4.69, 9.17) is 0 Å². The predicted molar refractivity (Wildman–Crippen MR) is 59.2 cm³/mol. The van der Waals surface area contributed by atoms with Gasteiger partial charge >= 0.3 is 0 Å². The van der Waals surface area contributed by atoms with Gasteiger partial charge in [0.15, 0.2) is 5.78 Å². The fourth-order valence-electron chi connectivity index (χ4n) is 1.16. The van der Waals surface area contributed by atoms with Gasteiger partial charge in [0.2, 0.25) is 0 Å². The van der Waals surface area contributed by atoms with Crippen LogP contribution in [0.5, 0.6) is 0 Å². The molecule has 0 saturated carbocycles. The van der Waals surface area contributed by atoms with Crippen molar-refractivity contribution in [3.05, 3.63) is 38.5 Å². The van der Waals surface area contributed by atoms with Gasteiger partial charge in [-0.15, -0.1) is 11.3 Å². The molecule has 2 heterocycles. The third kappa shape index (κ3) is 2.08. The fraction of sp³-hybridized carbons (Fsp3) is 0.200. The molecule has 0 aliphatic heterocycles. The lowest BCUT2D eigenvalue weighted by atomic mass is 10.1. The highest BCUT2D eigenvalue weighted by atomic mass is 32.1. The number of ketones is 1. The third-order valence-corrected chi connectivity index (χ3v) is 3.53. The number of thiophene rings is 1. The summed E-state index contributed by atoms with van der Waals surface area (Å²) in [5.41, 5.74) is 1.09. The monoisotopic (exact) mass is 223 g/mol. The molecule has 0 aliphatic carbocycles. The Morgan fingerprint density at radius 2 is 2.43 bits per heavy atom. The Bertz CT molecular complexity index is 431. The van der Waals surface area contributed by atoms with Crippen LogP contribution in [0.3, 0.4) is 0 Å². The van der Waals surface area contributed by atoms with E-state index in [1.54, 1.807) is 17.5 Å². The molecule has 2 rings (SSSR count). The summed E-state index contributed by atoms with van der Waals surface area (Å²) in [5, 5.41) is 4.94. The molecule has 0 amide bonds. The summed E-state index contributed by atoms with van der Waals surface area (Å²) in [4.78, 5) is 16.5. The van der Waals surface area contributed by atoms with Crippen LogP contribution in [0.4, 0.5) is 0 Å². The minimum absolute atomic E-state index is 0.161. The summed E-state index contributed by atoms with van der Waals surface area (Å²) in [6.07, 6.45) is 2.15. The van der Waals surface area contributed by atoms with Gasteiger partial charge in [-0.1, -0.05) is 0 Å². The highest BCUT2D eigenvalue weighted by Gasteiger charge is 2.09. The van der Waals surface area contributed by atoms with Crippen LogP contribution in [-0.2, 0) is 6.42 Å². The number of aryl methyl sites for hydroxylation is 1. The first-order valence-corrected chi connectivity index (χ1v) is 5.98. The highest BCUT2D eigenvalue weighted by Crippen LogP contribution is 2.15. The van der Waals surface area contributed by atoms with Crippen LogP contribution >= 0.6 is 22.7 Å². The van der Waals surface area contributed by atoms with E-state index in [9.17, 15) is 4.79 Å². The van der Waals surface area contributed by atoms with Crippen LogP contribution in [0.15, 0.2) is 23.0 Å². The maximum atomic E-state index is 11.7. The van der Waals surface area contributed by atoms with Crippen molar-refractivity contribution in [3.8, 4) is 0 Å². The molecule has 0 aliphatic rings. The molecular weight excluding hydrogens is 214 g/mol. The standard InChI is InChI=1S/C10H9NOS2/c1-7-11-5-10(14-7)9(12)4-8-2-3-13-6-8/h2-3,5-6H,4H2,1H3. The molecule has 0 N–H and O–H groups in total. The van der Waals surface area contributed by atoms with Crippen LogP contribution in [0.2, 0.25) is 0 Å². The second kappa shape index (κ2) is 4.02. The zero-order valence-corrected chi connectivity index (χ0v) is 9.32. The van der Waals surface area contributed by atoms with E-state index >= 15 is 0 Å². The molecule has 0 unspecified atom stereocenters. The van der Waals surface area contributed by atoms with E-state index in [0.717, 1.165) is 15.4 Å². The average molecular weight is 223 g/mol. The van der Waals surface area contributed by atoms with E-state index < -0.39 is 0 Å². The number of hydrogen-bond donors (Lipinski definition) is 0. The maximum Gasteiger partial charge on any atom is 0.178 e. The quantitative estimate of drug-likeness (QED) is 0.749. The van der Waals surface area contributed by atoms with Gasteiger partial charge in [0.25, 0.3) is 0 Å². The SMILES string of the molecule is Cc1ncc(C(=O)Cc2ccsc2)s1. The van der Waals surface area contributed by atoms with Crippen molar-refractivity contribution in [1.82, 2.24) is 4.98 Å². The summed E-state index contributed by atoms with van der Waals surface area (Å²) in [7, 11) is 0. The Hall–Kier alpha value is -1.00. The van der Waals surface area contributed by atoms with Gasteiger partial charge in [-0.2, -0.15) is 11.3 Å². The van der Waals surface area contributed by atoms with Crippen LogP contribution in [0.1, 0.15) is 20.2 Å². The molecule has 14 heavy (non-hydrogen) atoms. The Balaban J connectivity index is 2.10. The van der Waals surface area contributed by atoms with E-state index in [1.165, 1.54) is 11.3 Å². The lowest BCUT2D eigenvalue weighted by Gasteiger charge is -1.93. The maximum absolute atomic E-state index is 11.7. The number of carbonyl (C=O) groups is 1. The molecule has 4 heteroatoms. The Morgan fingerprint density at radius 1 is 1.57 bits per heavy atom. The second-order valence-electron chi connectivity index (χ2n) is 2.98. The number of carbonyl (C=O) groups excluding carboxylic acids is 1. The number of nitrogens with zero attached hydrogens (tertiary/aromatic N) is 1. The summed E-state index contributed by atoms with van der Waals surface area (Å²) < 4.78 is 0.